The van der Waals surface area contributed by atoms with Crippen molar-refractivity contribution in [3.63, 3.8) is 0 Å². The quantitative estimate of drug-likeness (QED) is 0.789. The number of fused-ring (bicyclic) bond motifs is 1. The summed E-state index contributed by atoms with van der Waals surface area (Å²) in [5, 5.41) is 6.79. The molecular weight excluding hydrogens is 352 g/mol. The van der Waals surface area contributed by atoms with Crippen molar-refractivity contribution in [2.24, 2.45) is 0 Å². The molecular formula is C20H21ClN2O3. The van der Waals surface area contributed by atoms with Crippen LogP contribution in [0, 0.1) is 6.92 Å². The molecule has 0 saturated heterocycles. The Kier molecular flexibility index (Phi) is 5.47. The van der Waals surface area contributed by atoms with Crippen molar-refractivity contribution in [2.75, 3.05) is 12.4 Å². The third kappa shape index (κ3) is 3.99. The van der Waals surface area contributed by atoms with E-state index in [-0.39, 0.29) is 18.4 Å². The van der Waals surface area contributed by atoms with Crippen LogP contribution in [0.5, 0.6) is 0 Å². The molecule has 26 heavy (non-hydrogen) atoms. The molecule has 5 nitrogen and oxygen atoms in total. The van der Waals surface area contributed by atoms with E-state index >= 15 is 0 Å². The number of anilines is 1. The number of rotatable bonds is 5. The van der Waals surface area contributed by atoms with E-state index in [9.17, 15) is 9.59 Å². The van der Waals surface area contributed by atoms with Crippen LogP contribution >= 0.6 is 11.6 Å². The van der Waals surface area contributed by atoms with Gasteiger partial charge in [0.1, 0.15) is 6.04 Å². The van der Waals surface area contributed by atoms with Gasteiger partial charge >= 0.3 is 5.97 Å². The number of hydrogen-bond acceptors (Lipinski definition) is 4. The number of methoxy groups -OCH3 is 1. The molecule has 1 aliphatic rings. The highest BCUT2D eigenvalue weighted by molar-refractivity contribution is 6.30. The summed E-state index contributed by atoms with van der Waals surface area (Å²) in [5.41, 5.74) is 4.01. The Hall–Kier alpha value is -2.53. The number of aryl methyl sites for hydroxylation is 1. The second kappa shape index (κ2) is 7.79. The zero-order valence-corrected chi connectivity index (χ0v) is 15.5. The van der Waals surface area contributed by atoms with E-state index in [1.165, 1.54) is 7.11 Å². The molecule has 0 fully saturated rings. The Morgan fingerprint density at radius 3 is 2.77 bits per heavy atom. The van der Waals surface area contributed by atoms with E-state index in [4.69, 9.17) is 16.3 Å². The normalized spacial score (nSPS) is 16.3. The molecule has 0 saturated carbocycles. The molecule has 2 aromatic rings. The van der Waals surface area contributed by atoms with Crippen molar-refractivity contribution in [3.8, 4) is 0 Å². The van der Waals surface area contributed by atoms with Gasteiger partial charge in [0.05, 0.1) is 19.6 Å². The summed E-state index contributed by atoms with van der Waals surface area (Å²) >= 11 is 6.06. The van der Waals surface area contributed by atoms with Crippen LogP contribution in [0.4, 0.5) is 5.69 Å². The molecule has 2 atom stereocenters. The molecule has 2 aromatic carbocycles. The number of carbonyl (C=O) groups excluding carboxylic acids is 2. The lowest BCUT2D eigenvalue weighted by molar-refractivity contribution is -0.141. The number of esters is 1. The zero-order valence-electron chi connectivity index (χ0n) is 14.7. The average molecular weight is 373 g/mol. The summed E-state index contributed by atoms with van der Waals surface area (Å²) in [6, 6.07) is 12.3. The largest absolute Gasteiger partial charge is 0.469 e. The molecule has 3 rings (SSSR count). The van der Waals surface area contributed by atoms with Crippen molar-refractivity contribution < 1.29 is 14.3 Å². The lowest BCUT2D eigenvalue weighted by Crippen LogP contribution is -2.41. The molecule has 136 valence electrons. The van der Waals surface area contributed by atoms with Crippen LogP contribution in [0.15, 0.2) is 42.5 Å². The number of hydrogen-bond donors (Lipinski definition) is 2. The van der Waals surface area contributed by atoms with Crippen LogP contribution in [-0.2, 0) is 20.7 Å². The summed E-state index contributed by atoms with van der Waals surface area (Å²) in [7, 11) is 1.33. The highest BCUT2D eigenvalue weighted by atomic mass is 35.5. The van der Waals surface area contributed by atoms with Crippen LogP contribution < -0.4 is 10.6 Å². The highest BCUT2D eigenvalue weighted by Gasteiger charge is 2.30. The van der Waals surface area contributed by atoms with E-state index in [2.05, 4.69) is 10.6 Å². The minimum absolute atomic E-state index is 0.0429. The van der Waals surface area contributed by atoms with Crippen LogP contribution in [0.3, 0.4) is 0 Å². The van der Waals surface area contributed by atoms with Gasteiger partial charge in [-0.3, -0.25) is 9.59 Å². The van der Waals surface area contributed by atoms with Crippen molar-refractivity contribution in [2.45, 2.75) is 31.8 Å². The standard InChI is InChI=1S/C20H21ClN2O3/c1-12-5-3-7-14-10-17(22-19(12)14)20(25)23-16(11-18(24)26-2)13-6-4-8-15(21)9-13/h3-9,16-17,22H,10-11H2,1-2H3,(H,23,25)/t16-,17?/m1/s1. The maximum atomic E-state index is 12.8. The summed E-state index contributed by atoms with van der Waals surface area (Å²) in [5.74, 6) is -0.553. The number of halogens is 1. The third-order valence-electron chi connectivity index (χ3n) is 4.58. The van der Waals surface area contributed by atoms with Gasteiger partial charge in [-0.05, 0) is 35.7 Å². The fourth-order valence-electron chi connectivity index (χ4n) is 3.21. The Morgan fingerprint density at radius 2 is 2.08 bits per heavy atom. The van der Waals surface area contributed by atoms with Crippen LogP contribution in [0.1, 0.15) is 29.2 Å². The van der Waals surface area contributed by atoms with Crippen molar-refractivity contribution >= 4 is 29.2 Å². The molecule has 2 N–H and O–H groups in total. The summed E-state index contributed by atoms with van der Waals surface area (Å²) in [6.07, 6.45) is 0.657. The molecule has 0 bridgehead atoms. The van der Waals surface area contributed by atoms with Gasteiger partial charge in [-0.1, -0.05) is 41.9 Å². The number of amides is 1. The maximum absolute atomic E-state index is 12.8. The Morgan fingerprint density at radius 1 is 1.31 bits per heavy atom. The number of nitrogens with one attached hydrogen (secondary N) is 2. The first-order valence-electron chi connectivity index (χ1n) is 8.45. The van der Waals surface area contributed by atoms with Crippen LogP contribution in [0.25, 0.3) is 0 Å². The first kappa shape index (κ1) is 18.3. The Balaban J connectivity index is 1.76. The topological polar surface area (TPSA) is 67.4 Å². The van der Waals surface area contributed by atoms with Gasteiger partial charge in [0.15, 0.2) is 0 Å². The first-order chi connectivity index (χ1) is 12.5. The van der Waals surface area contributed by atoms with Crippen molar-refractivity contribution in [1.82, 2.24) is 5.32 Å². The minimum Gasteiger partial charge on any atom is -0.469 e. The van der Waals surface area contributed by atoms with Crippen LogP contribution in [-0.4, -0.2) is 25.0 Å². The monoisotopic (exact) mass is 372 g/mol. The number of benzene rings is 2. The molecule has 0 aromatic heterocycles. The van der Waals surface area contributed by atoms with E-state index < -0.39 is 12.0 Å². The molecule has 0 spiro atoms. The van der Waals surface area contributed by atoms with Gasteiger partial charge in [0, 0.05) is 17.1 Å². The second-order valence-electron chi connectivity index (χ2n) is 6.41. The van der Waals surface area contributed by atoms with Gasteiger partial charge in [-0.2, -0.15) is 0 Å². The molecule has 0 radical (unpaired) electrons. The molecule has 1 unspecified atom stereocenters. The minimum atomic E-state index is -0.500. The van der Waals surface area contributed by atoms with E-state index in [1.54, 1.807) is 18.2 Å². The fraction of sp³-hybridized carbons (Fsp3) is 0.300. The van der Waals surface area contributed by atoms with E-state index in [0.29, 0.717) is 11.4 Å². The molecule has 1 aliphatic heterocycles. The van der Waals surface area contributed by atoms with Gasteiger partial charge in [-0.15, -0.1) is 0 Å². The number of ether oxygens (including phenoxy) is 1. The van der Waals surface area contributed by atoms with Gasteiger partial charge < -0.3 is 15.4 Å². The molecule has 1 amide bonds. The highest BCUT2D eigenvalue weighted by Crippen LogP contribution is 2.29. The van der Waals surface area contributed by atoms with Crippen LogP contribution in [0.2, 0.25) is 5.02 Å². The smallest absolute Gasteiger partial charge is 0.307 e. The number of para-hydroxylation sites is 1. The zero-order chi connectivity index (χ0) is 18.7. The third-order valence-corrected chi connectivity index (χ3v) is 4.82. The predicted octanol–water partition coefficient (Wildman–Crippen LogP) is 3.41. The Bertz CT molecular complexity index is 838. The lowest BCUT2D eigenvalue weighted by Gasteiger charge is -2.21. The van der Waals surface area contributed by atoms with Gasteiger partial charge in [-0.25, -0.2) is 0 Å². The Labute approximate surface area is 157 Å². The summed E-state index contributed by atoms with van der Waals surface area (Å²) in [4.78, 5) is 24.6. The van der Waals surface area contributed by atoms with Crippen molar-refractivity contribution in [3.05, 3.63) is 64.2 Å². The SMILES string of the molecule is COC(=O)C[C@@H](NC(=O)C1Cc2cccc(C)c2N1)c1cccc(Cl)c1. The predicted molar refractivity (Wildman–Crippen MR) is 101 cm³/mol. The molecule has 0 aliphatic carbocycles. The molecule has 1 heterocycles. The number of carbonyl (C=O) groups is 2. The second-order valence-corrected chi connectivity index (χ2v) is 6.84. The van der Waals surface area contributed by atoms with E-state index in [0.717, 1.165) is 22.4 Å². The fourth-order valence-corrected chi connectivity index (χ4v) is 3.41. The van der Waals surface area contributed by atoms with E-state index in [1.807, 2.05) is 31.2 Å². The molecule has 6 heteroatoms. The lowest BCUT2D eigenvalue weighted by atomic mass is 10.0. The van der Waals surface area contributed by atoms with Gasteiger partial charge in [0.25, 0.3) is 0 Å². The summed E-state index contributed by atoms with van der Waals surface area (Å²) in [6.45, 7) is 2.01. The summed E-state index contributed by atoms with van der Waals surface area (Å²) < 4.78 is 4.77. The van der Waals surface area contributed by atoms with Crippen molar-refractivity contribution in [1.29, 1.82) is 0 Å². The first-order valence-corrected chi connectivity index (χ1v) is 8.83. The average Bonchev–Trinajstić information content (AvgIpc) is 3.07. The van der Waals surface area contributed by atoms with Gasteiger partial charge in [0.2, 0.25) is 5.91 Å². The maximum Gasteiger partial charge on any atom is 0.307 e.